The zero-order chi connectivity index (χ0) is 15.7. The zero-order valence-corrected chi connectivity index (χ0v) is 13.0. The van der Waals surface area contributed by atoms with Gasteiger partial charge in [-0.1, -0.05) is 17.7 Å². The van der Waals surface area contributed by atoms with Gasteiger partial charge in [-0.15, -0.1) is 11.3 Å². The van der Waals surface area contributed by atoms with Crippen LogP contribution >= 0.6 is 22.9 Å². The summed E-state index contributed by atoms with van der Waals surface area (Å²) in [6, 6.07) is 5.67. The number of aromatic nitrogens is 1. The molecule has 1 aliphatic rings. The number of hydrogen-bond acceptors (Lipinski definition) is 5. The molecule has 1 N–H and O–H groups in total. The topological polar surface area (TPSA) is 61.1 Å². The maximum absolute atomic E-state index is 13.3. The summed E-state index contributed by atoms with van der Waals surface area (Å²) in [5.41, 5.74) is 1.73. The average molecular weight is 333 g/mol. The lowest BCUT2D eigenvalue weighted by atomic mass is 9.97. The molecular weight excluding hydrogens is 323 g/mol. The number of nitrogens with zero attached hydrogens (tertiary/aromatic N) is 3. The molecule has 0 saturated heterocycles. The first-order valence-electron chi connectivity index (χ1n) is 6.40. The summed E-state index contributed by atoms with van der Waals surface area (Å²) in [6.07, 6.45) is 1.68. The number of amidine groups is 1. The SMILES string of the molecule is CC1=C(C#N)C(c2ccc(F)cc2Cl)N=C(c2nccs2)N1. The van der Waals surface area contributed by atoms with Crippen molar-refractivity contribution in [2.24, 2.45) is 4.99 Å². The molecule has 1 unspecified atom stereocenters. The van der Waals surface area contributed by atoms with Crippen molar-refractivity contribution < 1.29 is 4.39 Å². The Balaban J connectivity index is 2.12. The van der Waals surface area contributed by atoms with Crippen LogP contribution < -0.4 is 5.32 Å². The van der Waals surface area contributed by atoms with Crippen LogP contribution in [0.5, 0.6) is 0 Å². The summed E-state index contributed by atoms with van der Waals surface area (Å²) in [5.74, 6) is 0.155. The molecule has 0 saturated carbocycles. The molecular formula is C15H10ClFN4S. The van der Waals surface area contributed by atoms with Crippen molar-refractivity contribution in [3.63, 3.8) is 0 Å². The number of nitriles is 1. The summed E-state index contributed by atoms with van der Waals surface area (Å²) >= 11 is 7.57. The summed E-state index contributed by atoms with van der Waals surface area (Å²) in [4.78, 5) is 8.77. The number of aliphatic imine (C=N–C) groups is 1. The molecule has 0 radical (unpaired) electrons. The van der Waals surface area contributed by atoms with Crippen molar-refractivity contribution in [3.05, 3.63) is 62.5 Å². The Morgan fingerprint density at radius 2 is 2.27 bits per heavy atom. The molecule has 0 amide bonds. The molecule has 1 aromatic heterocycles. The van der Waals surface area contributed by atoms with E-state index in [0.29, 0.717) is 22.7 Å². The van der Waals surface area contributed by atoms with Crippen LogP contribution in [0.25, 0.3) is 0 Å². The third-order valence-electron chi connectivity index (χ3n) is 3.25. The maximum Gasteiger partial charge on any atom is 0.163 e. The lowest BCUT2D eigenvalue weighted by Crippen LogP contribution is -2.29. The first kappa shape index (κ1) is 14.7. The lowest BCUT2D eigenvalue weighted by molar-refractivity contribution is 0.626. The van der Waals surface area contributed by atoms with Crippen molar-refractivity contribution in [1.82, 2.24) is 10.3 Å². The number of allylic oxidation sites excluding steroid dienone is 1. The van der Waals surface area contributed by atoms with Gasteiger partial charge >= 0.3 is 0 Å². The molecule has 110 valence electrons. The molecule has 2 aromatic rings. The van der Waals surface area contributed by atoms with Crippen LogP contribution in [0.1, 0.15) is 23.5 Å². The van der Waals surface area contributed by atoms with Gasteiger partial charge in [-0.05, 0) is 19.1 Å². The fourth-order valence-electron chi connectivity index (χ4n) is 2.22. The number of nitrogens with one attached hydrogen (secondary N) is 1. The quantitative estimate of drug-likeness (QED) is 0.909. The third kappa shape index (κ3) is 2.61. The van der Waals surface area contributed by atoms with E-state index in [0.717, 1.165) is 5.01 Å². The summed E-state index contributed by atoms with van der Waals surface area (Å²) < 4.78 is 13.3. The Morgan fingerprint density at radius 1 is 1.45 bits per heavy atom. The molecule has 1 aliphatic heterocycles. The smallest absolute Gasteiger partial charge is 0.163 e. The van der Waals surface area contributed by atoms with Crippen LogP contribution in [0.4, 0.5) is 4.39 Å². The van der Waals surface area contributed by atoms with Gasteiger partial charge in [-0.3, -0.25) is 4.99 Å². The van der Waals surface area contributed by atoms with E-state index in [1.165, 1.54) is 23.5 Å². The molecule has 4 nitrogen and oxygen atoms in total. The van der Waals surface area contributed by atoms with Crippen LogP contribution in [-0.4, -0.2) is 10.8 Å². The summed E-state index contributed by atoms with van der Waals surface area (Å²) in [5, 5.41) is 15.3. The molecule has 1 atom stereocenters. The molecule has 1 aromatic carbocycles. The minimum Gasteiger partial charge on any atom is -0.341 e. The van der Waals surface area contributed by atoms with Gasteiger partial charge in [0.15, 0.2) is 10.8 Å². The second-order valence-electron chi connectivity index (χ2n) is 4.66. The highest BCUT2D eigenvalue weighted by molar-refractivity contribution is 7.11. The number of benzene rings is 1. The monoisotopic (exact) mass is 332 g/mol. The van der Waals surface area contributed by atoms with Gasteiger partial charge in [0.1, 0.15) is 11.9 Å². The van der Waals surface area contributed by atoms with E-state index >= 15 is 0 Å². The first-order valence-corrected chi connectivity index (χ1v) is 7.66. The van der Waals surface area contributed by atoms with E-state index in [4.69, 9.17) is 11.6 Å². The Hall–Kier alpha value is -2.23. The fourth-order valence-corrected chi connectivity index (χ4v) is 3.08. The molecule has 0 bridgehead atoms. The van der Waals surface area contributed by atoms with Crippen LogP contribution in [-0.2, 0) is 0 Å². The van der Waals surface area contributed by atoms with E-state index < -0.39 is 11.9 Å². The maximum atomic E-state index is 13.3. The predicted octanol–water partition coefficient (Wildman–Crippen LogP) is 3.82. The van der Waals surface area contributed by atoms with E-state index in [1.807, 2.05) is 5.38 Å². The molecule has 3 rings (SSSR count). The molecule has 0 aliphatic carbocycles. The highest BCUT2D eigenvalue weighted by Crippen LogP contribution is 2.35. The highest BCUT2D eigenvalue weighted by Gasteiger charge is 2.27. The minimum atomic E-state index is -0.571. The summed E-state index contributed by atoms with van der Waals surface area (Å²) in [6.45, 7) is 1.80. The Labute approximate surface area is 135 Å². The predicted molar refractivity (Wildman–Crippen MR) is 84.3 cm³/mol. The lowest BCUT2D eigenvalue weighted by Gasteiger charge is -2.23. The standard InChI is InChI=1S/C15H10ClFN4S/c1-8-11(7-18)13(10-3-2-9(17)6-12(10)16)21-14(20-8)15-19-4-5-22-15/h2-6,13H,1H3,(H,20,21). The second kappa shape index (κ2) is 5.87. The number of halogens is 2. The zero-order valence-electron chi connectivity index (χ0n) is 11.5. The average Bonchev–Trinajstić information content (AvgIpc) is 3.00. The van der Waals surface area contributed by atoms with Crippen molar-refractivity contribution in [2.75, 3.05) is 0 Å². The Morgan fingerprint density at radius 3 is 2.91 bits per heavy atom. The largest absolute Gasteiger partial charge is 0.341 e. The van der Waals surface area contributed by atoms with E-state index in [-0.39, 0.29) is 5.02 Å². The molecule has 22 heavy (non-hydrogen) atoms. The van der Waals surface area contributed by atoms with Crippen molar-refractivity contribution in [1.29, 1.82) is 5.26 Å². The van der Waals surface area contributed by atoms with Gasteiger partial charge in [0, 0.05) is 27.9 Å². The summed E-state index contributed by atoms with van der Waals surface area (Å²) in [7, 11) is 0. The first-order chi connectivity index (χ1) is 10.6. The van der Waals surface area contributed by atoms with Gasteiger partial charge in [0.2, 0.25) is 0 Å². The Bertz CT molecular complexity index is 821. The van der Waals surface area contributed by atoms with Crippen LogP contribution in [0.2, 0.25) is 5.02 Å². The van der Waals surface area contributed by atoms with E-state index in [2.05, 4.69) is 21.4 Å². The van der Waals surface area contributed by atoms with Gasteiger partial charge in [-0.25, -0.2) is 9.37 Å². The second-order valence-corrected chi connectivity index (χ2v) is 5.96. The molecule has 0 spiro atoms. The van der Waals surface area contributed by atoms with Crippen molar-refractivity contribution >= 4 is 28.8 Å². The van der Waals surface area contributed by atoms with Gasteiger partial charge in [0.05, 0.1) is 11.6 Å². The minimum absolute atomic E-state index is 0.245. The van der Waals surface area contributed by atoms with E-state index in [1.54, 1.807) is 19.2 Å². The normalized spacial score (nSPS) is 17.7. The number of thiazole rings is 1. The fraction of sp³-hybridized carbons (Fsp3) is 0.133. The van der Waals surface area contributed by atoms with Crippen LogP contribution in [0.15, 0.2) is 46.0 Å². The molecule has 2 heterocycles. The van der Waals surface area contributed by atoms with Gasteiger partial charge < -0.3 is 5.32 Å². The molecule has 0 fully saturated rings. The van der Waals surface area contributed by atoms with Crippen LogP contribution in [0, 0.1) is 17.1 Å². The van der Waals surface area contributed by atoms with Crippen molar-refractivity contribution in [2.45, 2.75) is 13.0 Å². The highest BCUT2D eigenvalue weighted by atomic mass is 35.5. The number of hydrogen-bond donors (Lipinski definition) is 1. The van der Waals surface area contributed by atoms with Gasteiger partial charge in [-0.2, -0.15) is 5.26 Å². The number of rotatable bonds is 2. The Kier molecular flexibility index (Phi) is 3.92. The third-order valence-corrected chi connectivity index (χ3v) is 4.36. The molecule has 7 heteroatoms. The van der Waals surface area contributed by atoms with Crippen molar-refractivity contribution in [3.8, 4) is 6.07 Å². The van der Waals surface area contributed by atoms with Crippen LogP contribution in [0.3, 0.4) is 0 Å². The van der Waals surface area contributed by atoms with Gasteiger partial charge in [0.25, 0.3) is 0 Å². The van der Waals surface area contributed by atoms with E-state index in [9.17, 15) is 9.65 Å².